The number of hydrogen-bond acceptors (Lipinski definition) is 4. The maximum Gasteiger partial charge on any atom is 0.254 e. The third-order valence-corrected chi connectivity index (χ3v) is 7.61. The van der Waals surface area contributed by atoms with Gasteiger partial charge in [0, 0.05) is 36.1 Å². The van der Waals surface area contributed by atoms with Gasteiger partial charge in [0.1, 0.15) is 6.54 Å². The summed E-state index contributed by atoms with van der Waals surface area (Å²) >= 11 is 0. The van der Waals surface area contributed by atoms with Crippen molar-refractivity contribution in [2.45, 2.75) is 72.6 Å². The van der Waals surface area contributed by atoms with Crippen LogP contribution in [-0.4, -0.2) is 51.6 Å². The van der Waals surface area contributed by atoms with Crippen molar-refractivity contribution in [3.05, 3.63) is 83.2 Å². The smallest absolute Gasteiger partial charge is 0.254 e. The van der Waals surface area contributed by atoms with Crippen LogP contribution in [0, 0.1) is 6.92 Å². The molecular weight excluding hydrogens is 478 g/mol. The van der Waals surface area contributed by atoms with Gasteiger partial charge < -0.3 is 23.8 Å². The van der Waals surface area contributed by atoms with E-state index in [1.165, 1.54) is 11.1 Å². The molecule has 202 valence electrons. The molecule has 1 aliphatic rings. The molecule has 38 heavy (non-hydrogen) atoms. The summed E-state index contributed by atoms with van der Waals surface area (Å²) in [6, 6.07) is 17.6. The molecule has 0 aliphatic carbocycles. The van der Waals surface area contributed by atoms with Gasteiger partial charge in [-0.25, -0.2) is 0 Å². The number of rotatable bonds is 11. The van der Waals surface area contributed by atoms with Crippen molar-refractivity contribution >= 4 is 11.8 Å². The SMILES string of the molecule is CCC(C)N(Cc1cccn1Cc1ccccc1C)C(=O)CN(C(=O)c1ccc2c(c1)OCO2)C(C)CC. The van der Waals surface area contributed by atoms with Gasteiger partial charge in [-0.3, -0.25) is 9.59 Å². The fourth-order valence-corrected chi connectivity index (χ4v) is 4.68. The maximum atomic E-state index is 13.8. The van der Waals surface area contributed by atoms with E-state index in [1.807, 2.05) is 30.9 Å². The first kappa shape index (κ1) is 27.3. The Morgan fingerprint density at radius 1 is 0.921 bits per heavy atom. The zero-order chi connectivity index (χ0) is 27.2. The number of hydrogen-bond donors (Lipinski definition) is 0. The number of aromatic nitrogens is 1. The van der Waals surface area contributed by atoms with Crippen LogP contribution in [0.1, 0.15) is 67.7 Å². The lowest BCUT2D eigenvalue weighted by Crippen LogP contribution is -2.48. The number of aryl methyl sites for hydroxylation is 1. The molecule has 4 rings (SSSR count). The van der Waals surface area contributed by atoms with Crippen LogP contribution in [0.15, 0.2) is 60.8 Å². The molecule has 0 saturated carbocycles. The van der Waals surface area contributed by atoms with E-state index in [1.54, 1.807) is 23.1 Å². The summed E-state index contributed by atoms with van der Waals surface area (Å²) in [6.45, 7) is 11.7. The van der Waals surface area contributed by atoms with E-state index in [2.05, 4.69) is 55.8 Å². The van der Waals surface area contributed by atoms with E-state index < -0.39 is 0 Å². The highest BCUT2D eigenvalue weighted by Crippen LogP contribution is 2.33. The number of ether oxygens (including phenoxy) is 2. The quantitative estimate of drug-likeness (QED) is 0.330. The van der Waals surface area contributed by atoms with E-state index in [0.717, 1.165) is 25.1 Å². The van der Waals surface area contributed by atoms with Crippen molar-refractivity contribution in [1.82, 2.24) is 14.4 Å². The van der Waals surface area contributed by atoms with Gasteiger partial charge in [-0.05, 0) is 75.1 Å². The number of carbonyl (C=O) groups excluding carboxylic acids is 2. The predicted octanol–water partition coefficient (Wildman–Crippen LogP) is 5.64. The first-order valence-corrected chi connectivity index (χ1v) is 13.5. The maximum absolute atomic E-state index is 13.8. The second-order valence-electron chi connectivity index (χ2n) is 10.1. The molecule has 0 N–H and O–H groups in total. The number of carbonyl (C=O) groups is 2. The third-order valence-electron chi connectivity index (χ3n) is 7.61. The molecule has 2 amide bonds. The molecule has 3 aromatic rings. The van der Waals surface area contributed by atoms with Gasteiger partial charge in [-0.2, -0.15) is 0 Å². The van der Waals surface area contributed by atoms with Crippen molar-refractivity contribution in [1.29, 1.82) is 0 Å². The summed E-state index contributed by atoms with van der Waals surface area (Å²) < 4.78 is 13.1. The first-order chi connectivity index (χ1) is 18.3. The molecular formula is C31H39N3O4. The Hall–Kier alpha value is -3.74. The molecule has 0 saturated heterocycles. The van der Waals surface area contributed by atoms with E-state index in [9.17, 15) is 9.59 Å². The Morgan fingerprint density at radius 3 is 2.37 bits per heavy atom. The molecule has 0 radical (unpaired) electrons. The van der Waals surface area contributed by atoms with Crippen LogP contribution < -0.4 is 9.47 Å². The van der Waals surface area contributed by atoms with E-state index in [-0.39, 0.29) is 37.2 Å². The highest BCUT2D eigenvalue weighted by Gasteiger charge is 2.29. The first-order valence-electron chi connectivity index (χ1n) is 13.5. The Labute approximate surface area is 226 Å². The van der Waals surface area contributed by atoms with Crippen molar-refractivity contribution in [3.63, 3.8) is 0 Å². The number of amides is 2. The minimum Gasteiger partial charge on any atom is -0.454 e. The molecule has 2 unspecified atom stereocenters. The monoisotopic (exact) mass is 517 g/mol. The van der Waals surface area contributed by atoms with Gasteiger partial charge in [0.05, 0.1) is 6.54 Å². The second kappa shape index (κ2) is 12.2. The van der Waals surface area contributed by atoms with Crippen LogP contribution in [-0.2, 0) is 17.9 Å². The van der Waals surface area contributed by atoms with Crippen LogP contribution >= 0.6 is 0 Å². The summed E-state index contributed by atoms with van der Waals surface area (Å²) in [5.41, 5.74) is 4.06. The lowest BCUT2D eigenvalue weighted by atomic mass is 10.1. The van der Waals surface area contributed by atoms with E-state index >= 15 is 0 Å². The van der Waals surface area contributed by atoms with Gasteiger partial charge in [-0.15, -0.1) is 0 Å². The molecule has 7 heteroatoms. The van der Waals surface area contributed by atoms with Crippen LogP contribution in [0.5, 0.6) is 11.5 Å². The zero-order valence-corrected chi connectivity index (χ0v) is 23.1. The normalized spacial score (nSPS) is 13.7. The van der Waals surface area contributed by atoms with Crippen molar-refractivity contribution in [2.75, 3.05) is 13.3 Å². The number of nitrogens with zero attached hydrogens (tertiary/aromatic N) is 3. The van der Waals surface area contributed by atoms with Crippen molar-refractivity contribution in [2.24, 2.45) is 0 Å². The fraction of sp³-hybridized carbons (Fsp3) is 0.419. The number of benzene rings is 2. The topological polar surface area (TPSA) is 64.0 Å². The molecule has 0 fully saturated rings. The average Bonchev–Trinajstić information content (AvgIpc) is 3.59. The summed E-state index contributed by atoms with van der Waals surface area (Å²) in [5.74, 6) is 0.946. The number of fused-ring (bicyclic) bond motifs is 1. The Bertz CT molecular complexity index is 1270. The van der Waals surface area contributed by atoms with Crippen LogP contribution in [0.2, 0.25) is 0 Å². The summed E-state index contributed by atoms with van der Waals surface area (Å²) in [4.78, 5) is 31.0. The zero-order valence-electron chi connectivity index (χ0n) is 23.1. The predicted molar refractivity (Wildman–Crippen MR) is 148 cm³/mol. The second-order valence-corrected chi connectivity index (χ2v) is 10.1. The van der Waals surface area contributed by atoms with E-state index in [4.69, 9.17) is 9.47 Å². The molecule has 1 aliphatic heterocycles. The van der Waals surface area contributed by atoms with Gasteiger partial charge in [0.2, 0.25) is 12.7 Å². The minimum atomic E-state index is -0.182. The van der Waals surface area contributed by atoms with Gasteiger partial charge in [0.25, 0.3) is 5.91 Å². The molecule has 2 atom stereocenters. The molecule has 7 nitrogen and oxygen atoms in total. The average molecular weight is 518 g/mol. The Morgan fingerprint density at radius 2 is 1.63 bits per heavy atom. The van der Waals surface area contributed by atoms with Gasteiger partial charge >= 0.3 is 0 Å². The Balaban J connectivity index is 1.54. The molecule has 2 heterocycles. The standard InChI is InChI=1S/C31H39N3O4/c1-6-23(4)33(19-27-13-10-16-32(27)18-26-12-9-8-11-22(26)3)30(35)20-34(24(5)7-2)31(36)25-14-15-28-29(17-25)38-21-37-28/h8-17,23-24H,6-7,18-21H2,1-5H3. The van der Waals surface area contributed by atoms with Crippen molar-refractivity contribution < 1.29 is 19.1 Å². The van der Waals surface area contributed by atoms with Crippen molar-refractivity contribution in [3.8, 4) is 11.5 Å². The fourth-order valence-electron chi connectivity index (χ4n) is 4.68. The van der Waals surface area contributed by atoms with E-state index in [0.29, 0.717) is 23.6 Å². The molecule has 1 aromatic heterocycles. The van der Waals surface area contributed by atoms with Gasteiger partial charge in [-0.1, -0.05) is 38.1 Å². The Kier molecular flexibility index (Phi) is 8.77. The largest absolute Gasteiger partial charge is 0.454 e. The van der Waals surface area contributed by atoms with Crippen LogP contribution in [0.3, 0.4) is 0 Å². The lowest BCUT2D eigenvalue weighted by Gasteiger charge is -2.34. The highest BCUT2D eigenvalue weighted by atomic mass is 16.7. The minimum absolute atomic E-state index is 0.0190. The van der Waals surface area contributed by atoms with Gasteiger partial charge in [0.15, 0.2) is 11.5 Å². The summed E-state index contributed by atoms with van der Waals surface area (Å²) in [6.07, 6.45) is 3.63. The van der Waals surface area contributed by atoms with Crippen LogP contribution in [0.25, 0.3) is 0 Å². The lowest BCUT2D eigenvalue weighted by molar-refractivity contribution is -0.135. The highest BCUT2D eigenvalue weighted by molar-refractivity contribution is 5.97. The van der Waals surface area contributed by atoms with Crippen LogP contribution in [0.4, 0.5) is 0 Å². The third kappa shape index (κ3) is 6.04. The summed E-state index contributed by atoms with van der Waals surface area (Å²) in [7, 11) is 0. The molecule has 0 spiro atoms. The molecule has 0 bridgehead atoms. The molecule has 2 aromatic carbocycles. The summed E-state index contributed by atoms with van der Waals surface area (Å²) in [5, 5.41) is 0.